The maximum atomic E-state index is 9.46. The number of benzene rings is 2. The number of nitrogens with zero attached hydrogens (tertiary/aromatic N) is 3. The van der Waals surface area contributed by atoms with Crippen LogP contribution in [0.4, 0.5) is 5.69 Å². The van der Waals surface area contributed by atoms with Crippen molar-refractivity contribution in [1.29, 1.82) is 5.26 Å². The molecule has 120 valence electrons. The fourth-order valence-electron chi connectivity index (χ4n) is 2.67. The second-order valence-electron chi connectivity index (χ2n) is 5.42. The summed E-state index contributed by atoms with van der Waals surface area (Å²) in [4.78, 5) is 6.66. The summed E-state index contributed by atoms with van der Waals surface area (Å²) in [6.45, 7) is 6.22. The molecule has 4 heteroatoms. The van der Waals surface area contributed by atoms with Gasteiger partial charge >= 0.3 is 0 Å². The Kier molecular flexibility index (Phi) is 4.62. The fourth-order valence-corrected chi connectivity index (χ4v) is 2.67. The van der Waals surface area contributed by atoms with Crippen LogP contribution in [0.25, 0.3) is 22.7 Å². The van der Waals surface area contributed by atoms with E-state index in [4.69, 9.17) is 4.42 Å². The first-order valence-electron chi connectivity index (χ1n) is 8.08. The highest BCUT2D eigenvalue weighted by Crippen LogP contribution is 2.23. The molecular weight excluding hydrogens is 298 g/mol. The molecule has 0 fully saturated rings. The van der Waals surface area contributed by atoms with E-state index < -0.39 is 0 Å². The van der Waals surface area contributed by atoms with Gasteiger partial charge in [-0.05, 0) is 49.8 Å². The summed E-state index contributed by atoms with van der Waals surface area (Å²) in [5, 5.41) is 9.46. The Bertz CT molecular complexity index is 864. The van der Waals surface area contributed by atoms with Gasteiger partial charge in [-0.2, -0.15) is 5.26 Å². The van der Waals surface area contributed by atoms with E-state index in [1.165, 1.54) is 5.69 Å². The molecule has 0 radical (unpaired) electrons. The molecule has 0 bridgehead atoms. The first kappa shape index (κ1) is 15.8. The summed E-state index contributed by atoms with van der Waals surface area (Å²) >= 11 is 0. The molecule has 0 aliphatic heterocycles. The number of para-hydroxylation sites is 2. The van der Waals surface area contributed by atoms with Gasteiger partial charge in [0.2, 0.25) is 5.89 Å². The Morgan fingerprint density at radius 2 is 1.83 bits per heavy atom. The third-order valence-electron chi connectivity index (χ3n) is 3.98. The van der Waals surface area contributed by atoms with Gasteiger partial charge in [0, 0.05) is 18.8 Å². The molecule has 0 saturated carbocycles. The number of oxazole rings is 1. The van der Waals surface area contributed by atoms with Gasteiger partial charge in [0.05, 0.1) is 0 Å². The predicted octanol–water partition coefficient (Wildman–Crippen LogP) is 4.74. The SMILES string of the molecule is CCN(CC)c1ccc(/C=C(\C#N)c2nc3ccccc3o2)cc1. The van der Waals surface area contributed by atoms with Gasteiger partial charge in [0.15, 0.2) is 5.58 Å². The molecule has 0 amide bonds. The first-order chi connectivity index (χ1) is 11.7. The largest absolute Gasteiger partial charge is 0.435 e. The minimum atomic E-state index is 0.353. The van der Waals surface area contributed by atoms with Gasteiger partial charge in [-0.25, -0.2) is 4.98 Å². The molecule has 0 unspecified atom stereocenters. The zero-order valence-electron chi connectivity index (χ0n) is 13.9. The monoisotopic (exact) mass is 317 g/mol. The average molecular weight is 317 g/mol. The molecule has 1 aromatic heterocycles. The summed E-state index contributed by atoms with van der Waals surface area (Å²) in [6.07, 6.45) is 1.80. The first-order valence-corrected chi connectivity index (χ1v) is 8.08. The van der Waals surface area contributed by atoms with Crippen LogP contribution in [0.1, 0.15) is 25.3 Å². The second-order valence-corrected chi connectivity index (χ2v) is 5.42. The summed E-state index contributed by atoms with van der Waals surface area (Å²) < 4.78 is 5.68. The smallest absolute Gasteiger partial charge is 0.238 e. The van der Waals surface area contributed by atoms with Crippen LogP contribution < -0.4 is 4.90 Å². The van der Waals surface area contributed by atoms with Crippen molar-refractivity contribution in [3.8, 4) is 6.07 Å². The Balaban J connectivity index is 1.91. The Labute approximate surface area is 141 Å². The molecule has 1 heterocycles. The van der Waals surface area contributed by atoms with Gasteiger partial charge < -0.3 is 9.32 Å². The molecule has 0 saturated heterocycles. The number of rotatable bonds is 5. The van der Waals surface area contributed by atoms with Crippen LogP contribution in [0.3, 0.4) is 0 Å². The van der Waals surface area contributed by atoms with Gasteiger partial charge in [-0.3, -0.25) is 0 Å². The van der Waals surface area contributed by atoms with Crippen molar-refractivity contribution in [3.05, 3.63) is 60.0 Å². The van der Waals surface area contributed by atoms with E-state index in [9.17, 15) is 5.26 Å². The number of fused-ring (bicyclic) bond motifs is 1. The standard InChI is InChI=1S/C20H19N3O/c1-3-23(4-2)17-11-9-15(10-12-17)13-16(14-21)20-22-18-7-5-6-8-19(18)24-20/h5-13H,3-4H2,1-2H3/b16-13+. The average Bonchev–Trinajstić information content (AvgIpc) is 3.06. The second kappa shape index (κ2) is 7.01. The molecular formula is C20H19N3O. The van der Waals surface area contributed by atoms with Crippen molar-refractivity contribution < 1.29 is 4.42 Å². The van der Waals surface area contributed by atoms with Crippen LogP contribution in [-0.2, 0) is 0 Å². The van der Waals surface area contributed by atoms with E-state index in [-0.39, 0.29) is 0 Å². The lowest BCUT2D eigenvalue weighted by atomic mass is 10.1. The van der Waals surface area contributed by atoms with E-state index in [2.05, 4.69) is 41.9 Å². The Hall–Kier alpha value is -3.06. The van der Waals surface area contributed by atoms with E-state index >= 15 is 0 Å². The summed E-state index contributed by atoms with van der Waals surface area (Å²) in [5.41, 5.74) is 3.99. The maximum absolute atomic E-state index is 9.46. The lowest BCUT2D eigenvalue weighted by Gasteiger charge is -2.20. The number of nitriles is 1. The van der Waals surface area contributed by atoms with Crippen LogP contribution in [-0.4, -0.2) is 18.1 Å². The van der Waals surface area contributed by atoms with E-state index in [1.807, 2.05) is 36.4 Å². The lowest BCUT2D eigenvalue weighted by molar-refractivity contribution is 0.586. The molecule has 4 nitrogen and oxygen atoms in total. The third-order valence-corrected chi connectivity index (χ3v) is 3.98. The third kappa shape index (κ3) is 3.16. The zero-order chi connectivity index (χ0) is 16.9. The summed E-state index contributed by atoms with van der Waals surface area (Å²) in [5.74, 6) is 0.353. The van der Waals surface area contributed by atoms with E-state index in [0.717, 1.165) is 24.2 Å². The van der Waals surface area contributed by atoms with Crippen LogP contribution in [0, 0.1) is 11.3 Å². The van der Waals surface area contributed by atoms with E-state index in [0.29, 0.717) is 17.0 Å². The quantitative estimate of drug-likeness (QED) is 0.638. The number of hydrogen-bond acceptors (Lipinski definition) is 4. The number of hydrogen-bond donors (Lipinski definition) is 0. The van der Waals surface area contributed by atoms with Crippen molar-refractivity contribution in [2.75, 3.05) is 18.0 Å². The molecule has 0 N–H and O–H groups in total. The zero-order valence-corrected chi connectivity index (χ0v) is 13.9. The normalized spacial score (nSPS) is 11.5. The van der Waals surface area contributed by atoms with Crippen molar-refractivity contribution in [2.24, 2.45) is 0 Å². The van der Waals surface area contributed by atoms with Gasteiger partial charge in [-0.15, -0.1) is 0 Å². The van der Waals surface area contributed by atoms with Crippen molar-refractivity contribution in [1.82, 2.24) is 4.98 Å². The number of aromatic nitrogens is 1. The summed E-state index contributed by atoms with van der Waals surface area (Å²) in [7, 11) is 0. The number of anilines is 1. The minimum Gasteiger partial charge on any atom is -0.435 e. The van der Waals surface area contributed by atoms with Crippen molar-refractivity contribution in [2.45, 2.75) is 13.8 Å². The van der Waals surface area contributed by atoms with Crippen molar-refractivity contribution in [3.63, 3.8) is 0 Å². The molecule has 0 spiro atoms. The molecule has 24 heavy (non-hydrogen) atoms. The highest BCUT2D eigenvalue weighted by atomic mass is 16.3. The Morgan fingerprint density at radius 3 is 2.46 bits per heavy atom. The minimum absolute atomic E-state index is 0.353. The van der Waals surface area contributed by atoms with Gasteiger partial charge in [-0.1, -0.05) is 24.3 Å². The highest BCUT2D eigenvalue weighted by molar-refractivity contribution is 5.88. The Morgan fingerprint density at radius 1 is 1.12 bits per heavy atom. The van der Waals surface area contributed by atoms with E-state index in [1.54, 1.807) is 6.08 Å². The fraction of sp³-hybridized carbons (Fsp3) is 0.200. The summed E-state index contributed by atoms with van der Waals surface area (Å²) in [6, 6.07) is 17.8. The lowest BCUT2D eigenvalue weighted by Crippen LogP contribution is -2.21. The van der Waals surface area contributed by atoms with Gasteiger partial charge in [0.25, 0.3) is 0 Å². The van der Waals surface area contributed by atoms with Crippen LogP contribution >= 0.6 is 0 Å². The van der Waals surface area contributed by atoms with Crippen LogP contribution in [0.15, 0.2) is 52.9 Å². The van der Waals surface area contributed by atoms with Crippen LogP contribution in [0.2, 0.25) is 0 Å². The predicted molar refractivity (Wildman–Crippen MR) is 97.5 cm³/mol. The number of allylic oxidation sites excluding steroid dienone is 1. The molecule has 0 atom stereocenters. The highest BCUT2D eigenvalue weighted by Gasteiger charge is 2.10. The molecule has 3 aromatic rings. The van der Waals surface area contributed by atoms with Crippen LogP contribution in [0.5, 0.6) is 0 Å². The maximum Gasteiger partial charge on any atom is 0.238 e. The molecule has 0 aliphatic carbocycles. The molecule has 2 aromatic carbocycles. The van der Waals surface area contributed by atoms with Crippen molar-refractivity contribution >= 4 is 28.4 Å². The van der Waals surface area contributed by atoms with Gasteiger partial charge in [0.1, 0.15) is 17.2 Å². The topological polar surface area (TPSA) is 53.1 Å². The molecule has 3 rings (SSSR count). The molecule has 0 aliphatic rings.